The Bertz CT molecular complexity index is 1720. The smallest absolute Gasteiger partial charge is 0.413 e. The van der Waals surface area contributed by atoms with E-state index >= 15 is 0 Å². The molecule has 0 fully saturated rings. The van der Waals surface area contributed by atoms with Crippen LogP contribution in [0.2, 0.25) is 0 Å². The van der Waals surface area contributed by atoms with Gasteiger partial charge in [0.15, 0.2) is 17.2 Å². The van der Waals surface area contributed by atoms with Crippen molar-refractivity contribution in [1.82, 2.24) is 14.6 Å². The lowest BCUT2D eigenvalue weighted by Crippen LogP contribution is -2.27. The zero-order valence-corrected chi connectivity index (χ0v) is 24.0. The summed E-state index contributed by atoms with van der Waals surface area (Å²) in [5.74, 6) is 1.79. The summed E-state index contributed by atoms with van der Waals surface area (Å²) in [4.78, 5) is 29.6. The molecule has 1 N–H and O–H groups in total. The molecule has 214 valence electrons. The van der Waals surface area contributed by atoms with Gasteiger partial charge in [0.25, 0.3) is 0 Å². The lowest BCUT2D eigenvalue weighted by Gasteiger charge is -2.18. The van der Waals surface area contributed by atoms with Gasteiger partial charge in [-0.05, 0) is 74.7 Å². The van der Waals surface area contributed by atoms with E-state index in [0.717, 1.165) is 16.7 Å². The minimum atomic E-state index is -0.624. The average molecular weight is 565 g/mol. The molecule has 9 nitrogen and oxygen atoms in total. The molecule has 0 aliphatic carbocycles. The predicted molar refractivity (Wildman–Crippen MR) is 159 cm³/mol. The van der Waals surface area contributed by atoms with Gasteiger partial charge in [0.1, 0.15) is 23.7 Å². The third-order valence-electron chi connectivity index (χ3n) is 6.22. The van der Waals surface area contributed by atoms with Crippen molar-refractivity contribution in [2.24, 2.45) is 0 Å². The van der Waals surface area contributed by atoms with Crippen LogP contribution in [0.1, 0.15) is 47.8 Å². The Balaban J connectivity index is 1.25. The number of carbonyl (C=O) groups excluding carboxylic acids is 2. The second kappa shape index (κ2) is 12.1. The number of nitrogens with zero attached hydrogens (tertiary/aromatic N) is 3. The van der Waals surface area contributed by atoms with Gasteiger partial charge >= 0.3 is 6.09 Å². The molecule has 42 heavy (non-hydrogen) atoms. The first kappa shape index (κ1) is 28.4. The van der Waals surface area contributed by atoms with Crippen molar-refractivity contribution in [2.75, 3.05) is 5.32 Å². The maximum absolute atomic E-state index is 13.2. The molecule has 3 aromatic carbocycles. The second-order valence-electron chi connectivity index (χ2n) is 10.8. The number of benzene rings is 3. The number of carbonyl (C=O) groups is 2. The van der Waals surface area contributed by atoms with E-state index < -0.39 is 11.7 Å². The summed E-state index contributed by atoms with van der Waals surface area (Å²) in [5.41, 5.74) is 3.36. The molecule has 0 bridgehead atoms. The van der Waals surface area contributed by atoms with Gasteiger partial charge in [-0.25, -0.2) is 14.3 Å². The molecule has 9 heteroatoms. The molecule has 1 amide bonds. The van der Waals surface area contributed by atoms with Crippen LogP contribution in [0.5, 0.6) is 17.4 Å². The van der Waals surface area contributed by atoms with Crippen LogP contribution in [0.15, 0.2) is 91.1 Å². The largest absolute Gasteiger partial charge is 0.489 e. The second-order valence-corrected chi connectivity index (χ2v) is 10.8. The lowest BCUT2D eigenvalue weighted by molar-refractivity contribution is 0.0635. The Kier molecular flexibility index (Phi) is 8.19. The molecule has 2 aromatic heterocycles. The SMILES string of the molecule is Cc1ccc(Oc2ccc3nc(NC(=O)OC(C)(C)C)cn3n2)cc1CC(=O)c1cccc(OCc2ccccc2)c1. The lowest BCUT2D eigenvalue weighted by atomic mass is 9.99. The first-order chi connectivity index (χ1) is 20.1. The highest BCUT2D eigenvalue weighted by molar-refractivity contribution is 5.98. The number of fused-ring (bicyclic) bond motifs is 1. The number of rotatable bonds is 9. The molecule has 0 unspecified atom stereocenters. The van der Waals surface area contributed by atoms with E-state index in [1.807, 2.05) is 67.6 Å². The molecule has 0 spiro atoms. The maximum Gasteiger partial charge on any atom is 0.413 e. The molecule has 0 aliphatic rings. The molecule has 0 aliphatic heterocycles. The number of hydrogen-bond donors (Lipinski definition) is 1. The van der Waals surface area contributed by atoms with Gasteiger partial charge < -0.3 is 14.2 Å². The van der Waals surface area contributed by atoms with Crippen LogP contribution < -0.4 is 14.8 Å². The average Bonchev–Trinajstić information content (AvgIpc) is 3.34. The van der Waals surface area contributed by atoms with Crippen molar-refractivity contribution < 1.29 is 23.8 Å². The fourth-order valence-electron chi connectivity index (χ4n) is 4.19. The van der Waals surface area contributed by atoms with Crippen LogP contribution in [0.3, 0.4) is 0 Å². The Hall–Kier alpha value is -5.18. The number of amides is 1. The Morgan fingerprint density at radius 1 is 0.905 bits per heavy atom. The Labute approximate surface area is 244 Å². The number of aromatic nitrogens is 3. The van der Waals surface area contributed by atoms with Gasteiger partial charge in [-0.3, -0.25) is 10.1 Å². The summed E-state index contributed by atoms with van der Waals surface area (Å²) in [6, 6.07) is 26.1. The monoisotopic (exact) mass is 564 g/mol. The number of nitrogens with one attached hydrogen (secondary N) is 1. The van der Waals surface area contributed by atoms with Gasteiger partial charge in [0.2, 0.25) is 5.88 Å². The minimum Gasteiger partial charge on any atom is -0.489 e. The van der Waals surface area contributed by atoms with Crippen molar-refractivity contribution in [3.63, 3.8) is 0 Å². The molecule has 5 rings (SSSR count). The molecule has 2 heterocycles. The van der Waals surface area contributed by atoms with E-state index in [1.54, 1.807) is 51.2 Å². The number of Topliss-reactive ketones (excluding diaryl/α,β-unsaturated/α-hetero) is 1. The number of hydrogen-bond acceptors (Lipinski definition) is 7. The number of ketones is 1. The van der Waals surface area contributed by atoms with Crippen molar-refractivity contribution in [2.45, 2.75) is 46.3 Å². The van der Waals surface area contributed by atoms with E-state index in [2.05, 4.69) is 15.4 Å². The van der Waals surface area contributed by atoms with Gasteiger partial charge in [-0.1, -0.05) is 48.5 Å². The van der Waals surface area contributed by atoms with E-state index in [9.17, 15) is 9.59 Å². The summed E-state index contributed by atoms with van der Waals surface area (Å²) in [6.45, 7) is 7.75. The first-order valence-electron chi connectivity index (χ1n) is 13.6. The van der Waals surface area contributed by atoms with Gasteiger partial charge in [0.05, 0.1) is 6.20 Å². The number of aryl methyl sites for hydroxylation is 1. The highest BCUT2D eigenvalue weighted by Gasteiger charge is 2.18. The van der Waals surface area contributed by atoms with Crippen LogP contribution in [-0.2, 0) is 17.8 Å². The van der Waals surface area contributed by atoms with Crippen molar-refractivity contribution >= 4 is 23.3 Å². The summed E-state index contributed by atoms with van der Waals surface area (Å²) < 4.78 is 18.7. The number of ether oxygens (including phenoxy) is 3. The normalized spacial score (nSPS) is 11.2. The van der Waals surface area contributed by atoms with Gasteiger partial charge in [0, 0.05) is 18.1 Å². The topological polar surface area (TPSA) is 104 Å². The summed E-state index contributed by atoms with van der Waals surface area (Å²) in [5, 5.41) is 7.05. The first-order valence-corrected chi connectivity index (χ1v) is 13.6. The van der Waals surface area contributed by atoms with Crippen molar-refractivity contribution in [3.05, 3.63) is 113 Å². The van der Waals surface area contributed by atoms with Crippen LogP contribution in [0, 0.1) is 6.92 Å². The van der Waals surface area contributed by atoms with Gasteiger partial charge in [-0.2, -0.15) is 0 Å². The van der Waals surface area contributed by atoms with Crippen molar-refractivity contribution in [1.29, 1.82) is 0 Å². The molecule has 5 aromatic rings. The summed E-state index contributed by atoms with van der Waals surface area (Å²) in [7, 11) is 0. The van der Waals surface area contributed by atoms with Crippen LogP contribution in [0.4, 0.5) is 10.6 Å². The summed E-state index contributed by atoms with van der Waals surface area (Å²) >= 11 is 0. The third-order valence-corrected chi connectivity index (χ3v) is 6.22. The van der Waals surface area contributed by atoms with E-state index in [0.29, 0.717) is 41.0 Å². The fourth-order valence-corrected chi connectivity index (χ4v) is 4.19. The van der Waals surface area contributed by atoms with Gasteiger partial charge in [-0.15, -0.1) is 5.10 Å². The zero-order valence-electron chi connectivity index (χ0n) is 24.0. The Morgan fingerprint density at radius 3 is 2.50 bits per heavy atom. The molecular formula is C33H32N4O5. The maximum atomic E-state index is 13.2. The zero-order chi connectivity index (χ0) is 29.7. The third kappa shape index (κ3) is 7.51. The van der Waals surface area contributed by atoms with E-state index in [-0.39, 0.29) is 12.2 Å². The van der Waals surface area contributed by atoms with E-state index in [1.165, 1.54) is 4.52 Å². The molecule has 0 saturated carbocycles. The van der Waals surface area contributed by atoms with Crippen LogP contribution in [-0.4, -0.2) is 32.1 Å². The van der Waals surface area contributed by atoms with Crippen molar-refractivity contribution in [3.8, 4) is 17.4 Å². The molecule has 0 saturated heterocycles. The highest BCUT2D eigenvalue weighted by Crippen LogP contribution is 2.25. The Morgan fingerprint density at radius 2 is 1.71 bits per heavy atom. The quantitative estimate of drug-likeness (QED) is 0.189. The molecule has 0 atom stereocenters. The van der Waals surface area contributed by atoms with Crippen LogP contribution >= 0.6 is 0 Å². The van der Waals surface area contributed by atoms with Crippen LogP contribution in [0.25, 0.3) is 5.65 Å². The fraction of sp³-hybridized carbons (Fsp3) is 0.212. The summed E-state index contributed by atoms with van der Waals surface area (Å²) in [6.07, 6.45) is 1.18. The molecular weight excluding hydrogens is 532 g/mol. The standard InChI is InChI=1S/C33H32N4O5/c1-22-13-14-27(41-31-16-15-30-34-29(20-37(30)36-31)35-32(39)42-33(2,3)4)18-25(22)19-28(38)24-11-8-12-26(17-24)40-21-23-9-6-5-7-10-23/h5-18,20H,19,21H2,1-4H3,(H,35,39). The molecule has 0 radical (unpaired) electrons. The van der Waals surface area contributed by atoms with E-state index in [4.69, 9.17) is 14.2 Å². The minimum absolute atomic E-state index is 0.0246. The highest BCUT2D eigenvalue weighted by atomic mass is 16.6. The number of anilines is 1. The number of imidazole rings is 1. The predicted octanol–water partition coefficient (Wildman–Crippen LogP) is 7.18.